The van der Waals surface area contributed by atoms with E-state index >= 15 is 0 Å². The predicted molar refractivity (Wildman–Crippen MR) is 98.6 cm³/mol. The maximum absolute atomic E-state index is 12.5. The van der Waals surface area contributed by atoms with Gasteiger partial charge >= 0.3 is 0 Å². The van der Waals surface area contributed by atoms with Crippen molar-refractivity contribution in [2.75, 3.05) is 13.2 Å². The number of nitrogens with zero attached hydrogens (tertiary/aromatic N) is 1. The Bertz CT molecular complexity index is 658. The molecule has 0 spiro atoms. The number of carbonyl (C=O) groups is 1. The highest BCUT2D eigenvalue weighted by Gasteiger charge is 2.20. The minimum atomic E-state index is -0.125. The van der Waals surface area contributed by atoms with Crippen molar-refractivity contribution in [2.45, 2.75) is 19.9 Å². The summed E-state index contributed by atoms with van der Waals surface area (Å²) >= 11 is 2.22. The second-order valence-electron chi connectivity index (χ2n) is 5.19. The van der Waals surface area contributed by atoms with Gasteiger partial charge in [0, 0.05) is 10.1 Å². The number of halogens is 1. The smallest absolute Gasteiger partial charge is 0.260 e. The molecule has 1 atom stereocenters. The molecule has 0 unspecified atom stereocenters. The van der Waals surface area contributed by atoms with E-state index in [1.54, 1.807) is 23.1 Å². The molecule has 1 N–H and O–H groups in total. The molecule has 0 saturated carbocycles. The molecular weight excluding hydrogens is 405 g/mol. The molecule has 122 valence electrons. The van der Waals surface area contributed by atoms with E-state index in [2.05, 4.69) is 22.6 Å². The summed E-state index contributed by atoms with van der Waals surface area (Å²) in [6.45, 7) is 4.45. The van der Waals surface area contributed by atoms with E-state index in [-0.39, 0.29) is 24.3 Å². The molecular formula is C18H20INO3. The van der Waals surface area contributed by atoms with Crippen LogP contribution in [0.5, 0.6) is 11.5 Å². The Kier molecular flexibility index (Phi) is 6.27. The van der Waals surface area contributed by atoms with E-state index < -0.39 is 0 Å². The molecule has 0 saturated heterocycles. The van der Waals surface area contributed by atoms with Gasteiger partial charge in [0.1, 0.15) is 11.5 Å². The molecule has 2 rings (SSSR count). The van der Waals surface area contributed by atoms with Gasteiger partial charge in [0.05, 0.1) is 6.04 Å². The second kappa shape index (κ2) is 8.19. The second-order valence-corrected chi connectivity index (χ2v) is 6.44. The van der Waals surface area contributed by atoms with Crippen LogP contribution in [0.2, 0.25) is 0 Å². The highest BCUT2D eigenvalue weighted by atomic mass is 127. The molecule has 5 heteroatoms. The fourth-order valence-electron chi connectivity index (χ4n) is 2.39. The number of phenols is 1. The third kappa shape index (κ3) is 4.86. The lowest BCUT2D eigenvalue weighted by molar-refractivity contribution is -0.135. The molecule has 0 fully saturated rings. The van der Waals surface area contributed by atoms with Crippen molar-refractivity contribution in [1.82, 2.24) is 4.90 Å². The number of benzene rings is 2. The number of carbonyl (C=O) groups excluding carboxylic acids is 1. The summed E-state index contributed by atoms with van der Waals surface area (Å²) in [5, 5.41) is 9.60. The van der Waals surface area contributed by atoms with E-state index in [1.807, 2.05) is 44.2 Å². The molecule has 0 aliphatic heterocycles. The number of rotatable bonds is 6. The number of amides is 1. The van der Waals surface area contributed by atoms with Gasteiger partial charge in [-0.3, -0.25) is 4.79 Å². The lowest BCUT2D eigenvalue weighted by atomic mass is 10.1. The Hall–Kier alpha value is -1.76. The lowest BCUT2D eigenvalue weighted by Crippen LogP contribution is -2.36. The summed E-state index contributed by atoms with van der Waals surface area (Å²) in [5.41, 5.74) is 0.898. The van der Waals surface area contributed by atoms with Gasteiger partial charge in [0.15, 0.2) is 6.61 Å². The first-order valence-electron chi connectivity index (χ1n) is 7.48. The van der Waals surface area contributed by atoms with Gasteiger partial charge in [-0.1, -0.05) is 12.1 Å². The highest BCUT2D eigenvalue weighted by molar-refractivity contribution is 14.1. The van der Waals surface area contributed by atoms with Crippen LogP contribution in [-0.4, -0.2) is 29.1 Å². The number of hydrogen-bond acceptors (Lipinski definition) is 3. The van der Waals surface area contributed by atoms with Gasteiger partial charge < -0.3 is 14.7 Å². The summed E-state index contributed by atoms with van der Waals surface area (Å²) in [4.78, 5) is 14.2. The van der Waals surface area contributed by atoms with Crippen molar-refractivity contribution in [1.29, 1.82) is 0 Å². The standard InChI is InChI=1S/C18H20INO3/c1-3-20(13(2)14-5-4-6-16(21)11-14)18(22)12-23-17-9-7-15(19)8-10-17/h4-11,13,21H,3,12H2,1-2H3/t13-/m1/s1. The van der Waals surface area contributed by atoms with Gasteiger partial charge in [0.2, 0.25) is 0 Å². The molecule has 0 aliphatic rings. The fraction of sp³-hybridized carbons (Fsp3) is 0.278. The molecule has 1 amide bonds. The molecule has 0 radical (unpaired) electrons. The Morgan fingerprint density at radius 3 is 2.57 bits per heavy atom. The van der Waals surface area contributed by atoms with E-state index in [1.165, 1.54) is 0 Å². The Labute approximate surface area is 150 Å². The first kappa shape index (κ1) is 17.6. The zero-order valence-electron chi connectivity index (χ0n) is 13.2. The van der Waals surface area contributed by atoms with E-state index in [0.717, 1.165) is 9.13 Å². The van der Waals surface area contributed by atoms with E-state index in [4.69, 9.17) is 4.74 Å². The van der Waals surface area contributed by atoms with Crippen LogP contribution in [0.4, 0.5) is 0 Å². The SMILES string of the molecule is CCN(C(=O)COc1ccc(I)cc1)[C@H](C)c1cccc(O)c1. The van der Waals surface area contributed by atoms with Crippen molar-refractivity contribution >= 4 is 28.5 Å². The van der Waals surface area contributed by atoms with Crippen molar-refractivity contribution in [2.24, 2.45) is 0 Å². The number of aromatic hydroxyl groups is 1. The molecule has 4 nitrogen and oxygen atoms in total. The summed E-state index contributed by atoms with van der Waals surface area (Å²) < 4.78 is 6.69. The zero-order valence-corrected chi connectivity index (χ0v) is 15.4. The van der Waals surface area contributed by atoms with Crippen LogP contribution in [0.3, 0.4) is 0 Å². The molecule has 0 bridgehead atoms. The quantitative estimate of drug-likeness (QED) is 0.713. The average molecular weight is 425 g/mol. The summed E-state index contributed by atoms with van der Waals surface area (Å²) in [5.74, 6) is 0.801. The predicted octanol–water partition coefficient (Wildman–Crippen LogP) is 3.99. The van der Waals surface area contributed by atoms with Crippen molar-refractivity contribution in [3.63, 3.8) is 0 Å². The van der Waals surface area contributed by atoms with Crippen LogP contribution in [0.25, 0.3) is 0 Å². The number of ether oxygens (including phenoxy) is 1. The van der Waals surface area contributed by atoms with Gasteiger partial charge in [-0.25, -0.2) is 0 Å². The van der Waals surface area contributed by atoms with Gasteiger partial charge in [-0.2, -0.15) is 0 Å². The Balaban J connectivity index is 2.01. The monoisotopic (exact) mass is 425 g/mol. The van der Waals surface area contributed by atoms with Crippen molar-refractivity contribution in [3.05, 3.63) is 57.7 Å². The average Bonchev–Trinajstić information content (AvgIpc) is 2.55. The largest absolute Gasteiger partial charge is 0.508 e. The van der Waals surface area contributed by atoms with Crippen LogP contribution in [0.15, 0.2) is 48.5 Å². The first-order valence-corrected chi connectivity index (χ1v) is 8.56. The van der Waals surface area contributed by atoms with Gasteiger partial charge in [-0.15, -0.1) is 0 Å². The fourth-order valence-corrected chi connectivity index (χ4v) is 2.75. The zero-order chi connectivity index (χ0) is 16.8. The normalized spacial score (nSPS) is 11.8. The molecule has 0 aliphatic carbocycles. The Morgan fingerprint density at radius 2 is 1.96 bits per heavy atom. The number of hydrogen-bond donors (Lipinski definition) is 1. The maximum atomic E-state index is 12.5. The minimum Gasteiger partial charge on any atom is -0.508 e. The molecule has 2 aromatic rings. The summed E-state index contributed by atoms with van der Waals surface area (Å²) in [6.07, 6.45) is 0. The summed E-state index contributed by atoms with van der Waals surface area (Å²) in [7, 11) is 0. The summed E-state index contributed by atoms with van der Waals surface area (Å²) in [6, 6.07) is 14.4. The van der Waals surface area contributed by atoms with Gasteiger partial charge in [-0.05, 0) is 78.4 Å². The molecule has 23 heavy (non-hydrogen) atoms. The van der Waals surface area contributed by atoms with Crippen LogP contribution in [0.1, 0.15) is 25.5 Å². The van der Waals surface area contributed by atoms with Crippen LogP contribution >= 0.6 is 22.6 Å². The number of likely N-dealkylation sites (N-methyl/N-ethyl adjacent to an activating group) is 1. The topological polar surface area (TPSA) is 49.8 Å². The molecule has 0 heterocycles. The van der Waals surface area contributed by atoms with Gasteiger partial charge in [0.25, 0.3) is 5.91 Å². The van der Waals surface area contributed by atoms with E-state index in [0.29, 0.717) is 12.3 Å². The minimum absolute atomic E-state index is 0.00239. The first-order chi connectivity index (χ1) is 11.0. The third-order valence-electron chi connectivity index (χ3n) is 3.66. The van der Waals surface area contributed by atoms with Crippen LogP contribution < -0.4 is 4.74 Å². The van der Waals surface area contributed by atoms with Crippen LogP contribution in [-0.2, 0) is 4.79 Å². The Morgan fingerprint density at radius 1 is 1.26 bits per heavy atom. The van der Waals surface area contributed by atoms with Crippen LogP contribution in [0, 0.1) is 3.57 Å². The maximum Gasteiger partial charge on any atom is 0.260 e. The van der Waals surface area contributed by atoms with Crippen molar-refractivity contribution < 1.29 is 14.6 Å². The molecule has 2 aromatic carbocycles. The third-order valence-corrected chi connectivity index (χ3v) is 4.38. The highest BCUT2D eigenvalue weighted by Crippen LogP contribution is 2.23. The molecule has 0 aromatic heterocycles. The number of phenolic OH excluding ortho intramolecular Hbond substituents is 1. The van der Waals surface area contributed by atoms with E-state index in [9.17, 15) is 9.90 Å². The van der Waals surface area contributed by atoms with Crippen molar-refractivity contribution in [3.8, 4) is 11.5 Å². The lowest BCUT2D eigenvalue weighted by Gasteiger charge is -2.28.